The highest BCUT2D eigenvalue weighted by atomic mass is 32.2. The van der Waals surface area contributed by atoms with Crippen LogP contribution in [0, 0.1) is 0 Å². The molecule has 0 atom stereocenters. The van der Waals surface area contributed by atoms with Crippen LogP contribution in [0.4, 0.5) is 5.69 Å². The Bertz CT molecular complexity index is 1320. The molecule has 3 aromatic carbocycles. The largest absolute Gasteiger partial charge is 0.493 e. The third kappa shape index (κ3) is 4.63. The number of para-hydroxylation sites is 1. The van der Waals surface area contributed by atoms with Crippen LogP contribution >= 0.6 is 0 Å². The minimum Gasteiger partial charge on any atom is -0.493 e. The summed E-state index contributed by atoms with van der Waals surface area (Å²) in [6, 6.07) is 21.7. The summed E-state index contributed by atoms with van der Waals surface area (Å²) in [7, 11) is -0.896. The van der Waals surface area contributed by atoms with Gasteiger partial charge in [0.15, 0.2) is 16.4 Å². The van der Waals surface area contributed by atoms with Crippen LogP contribution in [0.5, 0.6) is 11.5 Å². The molecule has 8 heteroatoms. The lowest BCUT2D eigenvalue weighted by Crippen LogP contribution is -2.39. The Morgan fingerprint density at radius 3 is 2.32 bits per heavy atom. The average molecular weight is 479 g/mol. The molecule has 34 heavy (non-hydrogen) atoms. The first kappa shape index (κ1) is 23.4. The van der Waals surface area contributed by atoms with E-state index in [-0.39, 0.29) is 11.4 Å². The normalized spacial score (nSPS) is 15.6. The Kier molecular flexibility index (Phi) is 6.88. The van der Waals surface area contributed by atoms with Crippen molar-refractivity contribution in [1.82, 2.24) is 5.32 Å². The number of allylic oxidation sites excluding steroid dienone is 1. The number of carbonyl (C=O) groups is 1. The minimum absolute atomic E-state index is 0.135. The van der Waals surface area contributed by atoms with Crippen molar-refractivity contribution in [3.05, 3.63) is 101 Å². The summed E-state index contributed by atoms with van der Waals surface area (Å²) in [5.41, 5.74) is 2.56. The van der Waals surface area contributed by atoms with Crippen molar-refractivity contribution < 1.29 is 22.7 Å². The Morgan fingerprint density at radius 1 is 0.882 bits per heavy atom. The van der Waals surface area contributed by atoms with E-state index in [0.29, 0.717) is 35.7 Å². The van der Waals surface area contributed by atoms with E-state index < -0.39 is 15.8 Å². The van der Waals surface area contributed by atoms with Gasteiger partial charge in [0, 0.05) is 18.3 Å². The molecule has 1 aliphatic heterocycles. The fourth-order valence-corrected chi connectivity index (χ4v) is 5.41. The molecule has 4 rings (SSSR count). The predicted molar refractivity (Wildman–Crippen MR) is 132 cm³/mol. The molecule has 0 saturated carbocycles. The number of hydrogen-bond donors (Lipinski definition) is 1. The summed E-state index contributed by atoms with van der Waals surface area (Å²) >= 11 is 0. The van der Waals surface area contributed by atoms with Crippen LogP contribution in [0.15, 0.2) is 83.9 Å². The van der Waals surface area contributed by atoms with Crippen molar-refractivity contribution in [1.29, 1.82) is 0 Å². The molecule has 3 aromatic rings. The van der Waals surface area contributed by atoms with Crippen molar-refractivity contribution >= 4 is 21.5 Å². The number of ether oxygens (including phenoxy) is 2. The molecule has 0 aliphatic carbocycles. The lowest BCUT2D eigenvalue weighted by Gasteiger charge is -2.31. The van der Waals surface area contributed by atoms with Gasteiger partial charge in [-0.1, -0.05) is 48.5 Å². The lowest BCUT2D eigenvalue weighted by atomic mass is 10.1. The maximum Gasteiger partial charge on any atom is 0.270 e. The van der Waals surface area contributed by atoms with E-state index in [0.717, 1.165) is 11.1 Å². The van der Waals surface area contributed by atoms with Gasteiger partial charge in [-0.2, -0.15) is 0 Å². The average Bonchev–Trinajstić information content (AvgIpc) is 2.86. The first-order chi connectivity index (χ1) is 16.5. The lowest BCUT2D eigenvalue weighted by molar-refractivity contribution is 0.104. The second-order valence-electron chi connectivity index (χ2n) is 7.75. The fourth-order valence-electron chi connectivity index (χ4n) is 3.86. The first-order valence-corrected chi connectivity index (χ1v) is 12.2. The third-order valence-corrected chi connectivity index (χ3v) is 7.38. The summed E-state index contributed by atoms with van der Waals surface area (Å²) < 4.78 is 38.8. The number of hydrogen-bond acceptors (Lipinski definition) is 6. The van der Waals surface area contributed by atoms with Crippen molar-refractivity contribution in [3.8, 4) is 11.5 Å². The summed E-state index contributed by atoms with van der Waals surface area (Å²) in [5.74, 6) is 0.743. The Balaban J connectivity index is 1.57. The molecular formula is C26H26N2O5S. The second kappa shape index (κ2) is 10.0. The number of fused-ring (bicyclic) bond motifs is 1. The number of methoxy groups -OCH3 is 2. The van der Waals surface area contributed by atoms with Crippen LogP contribution in [0.25, 0.3) is 0 Å². The van der Waals surface area contributed by atoms with Crippen LogP contribution in [0.2, 0.25) is 0 Å². The number of benzene rings is 3. The molecule has 1 heterocycles. The number of carbonyl (C=O) groups excluding carboxylic acids is 1. The summed E-state index contributed by atoms with van der Waals surface area (Å²) in [6.45, 7) is 0.568. The molecule has 7 nitrogen and oxygen atoms in total. The van der Waals surface area contributed by atoms with Crippen LogP contribution in [-0.2, 0) is 23.0 Å². The fraction of sp³-hybridized carbons (Fsp3) is 0.192. The molecular weight excluding hydrogens is 452 g/mol. The van der Waals surface area contributed by atoms with Gasteiger partial charge in [-0.25, -0.2) is 8.42 Å². The van der Waals surface area contributed by atoms with Gasteiger partial charge in [0.05, 0.1) is 26.5 Å². The number of nitrogens with zero attached hydrogens (tertiary/aromatic N) is 1. The highest BCUT2D eigenvalue weighted by Crippen LogP contribution is 2.36. The molecule has 176 valence electrons. The van der Waals surface area contributed by atoms with Crippen LogP contribution < -0.4 is 19.1 Å². The number of sulfonamides is 1. The van der Waals surface area contributed by atoms with E-state index in [4.69, 9.17) is 9.47 Å². The Hall–Kier alpha value is -3.78. The van der Waals surface area contributed by atoms with E-state index >= 15 is 0 Å². The maximum atomic E-state index is 13.5. The molecule has 0 aromatic heterocycles. The van der Waals surface area contributed by atoms with Gasteiger partial charge in [0.1, 0.15) is 0 Å². The number of ketones is 1. The van der Waals surface area contributed by atoms with E-state index in [1.807, 2.05) is 48.5 Å². The van der Waals surface area contributed by atoms with E-state index in [1.165, 1.54) is 10.5 Å². The summed E-state index contributed by atoms with van der Waals surface area (Å²) in [6.07, 6.45) is 1.91. The van der Waals surface area contributed by atoms with Crippen LogP contribution in [0.3, 0.4) is 0 Å². The van der Waals surface area contributed by atoms with Gasteiger partial charge in [0.25, 0.3) is 10.0 Å². The number of Topliss-reactive ketones (excluding diaryl/α,β-unsaturated/α-hetero) is 1. The Labute approximate surface area is 199 Å². The minimum atomic E-state index is -4.04. The zero-order valence-electron chi connectivity index (χ0n) is 19.0. The molecule has 0 spiro atoms. The zero-order chi connectivity index (χ0) is 24.1. The van der Waals surface area contributed by atoms with E-state index in [9.17, 15) is 13.2 Å². The monoisotopic (exact) mass is 478 g/mol. The van der Waals surface area contributed by atoms with Gasteiger partial charge in [-0.05, 0) is 41.8 Å². The van der Waals surface area contributed by atoms with E-state index in [2.05, 4.69) is 5.32 Å². The van der Waals surface area contributed by atoms with Crippen molar-refractivity contribution in [2.75, 3.05) is 25.1 Å². The van der Waals surface area contributed by atoms with Gasteiger partial charge in [0.2, 0.25) is 5.78 Å². The van der Waals surface area contributed by atoms with Gasteiger partial charge in [-0.15, -0.1) is 0 Å². The topological polar surface area (TPSA) is 84.9 Å². The van der Waals surface area contributed by atoms with Crippen LogP contribution in [-0.4, -0.2) is 35.0 Å². The van der Waals surface area contributed by atoms with Crippen molar-refractivity contribution in [3.63, 3.8) is 0 Å². The summed E-state index contributed by atoms with van der Waals surface area (Å²) in [5, 5.41) is 3.01. The number of nitrogens with one attached hydrogen (secondary N) is 1. The quantitative estimate of drug-likeness (QED) is 0.390. The highest BCUT2D eigenvalue weighted by molar-refractivity contribution is 7.97. The second-order valence-corrected chi connectivity index (χ2v) is 9.58. The maximum absolute atomic E-state index is 13.5. The van der Waals surface area contributed by atoms with Gasteiger partial charge < -0.3 is 14.8 Å². The zero-order valence-corrected chi connectivity index (χ0v) is 19.8. The van der Waals surface area contributed by atoms with Crippen LogP contribution in [0.1, 0.15) is 21.5 Å². The predicted octanol–water partition coefficient (Wildman–Crippen LogP) is 3.91. The molecule has 0 bridgehead atoms. The molecule has 0 radical (unpaired) electrons. The number of anilines is 1. The Morgan fingerprint density at radius 2 is 1.59 bits per heavy atom. The van der Waals surface area contributed by atoms with Crippen molar-refractivity contribution in [2.24, 2.45) is 0 Å². The standard InChI is InChI=1S/C26H26N2O5S/c1-32-23-13-12-19(16-24(23)33-2)14-15-27-17-25-26(29)21-10-6-7-11-22(21)28(34(25,30)31)18-20-8-4-3-5-9-20/h3-13,16-17,27H,14-15,18H2,1-2H3. The molecule has 0 amide bonds. The highest BCUT2D eigenvalue weighted by Gasteiger charge is 2.39. The molecule has 1 N–H and O–H groups in total. The van der Waals surface area contributed by atoms with Crippen molar-refractivity contribution in [2.45, 2.75) is 13.0 Å². The molecule has 0 saturated heterocycles. The molecule has 0 fully saturated rings. The van der Waals surface area contributed by atoms with E-state index in [1.54, 1.807) is 38.5 Å². The molecule has 0 unspecified atom stereocenters. The van der Waals surface area contributed by atoms with Gasteiger partial charge >= 0.3 is 0 Å². The summed E-state index contributed by atoms with van der Waals surface area (Å²) in [4.78, 5) is 12.8. The smallest absolute Gasteiger partial charge is 0.270 e. The first-order valence-electron chi connectivity index (χ1n) is 10.8. The molecule has 1 aliphatic rings. The van der Waals surface area contributed by atoms with Gasteiger partial charge in [-0.3, -0.25) is 9.10 Å². The third-order valence-electron chi connectivity index (χ3n) is 5.62. The number of rotatable bonds is 8. The SMILES string of the molecule is COc1ccc(CCNC=C2C(=O)c3ccccc3N(Cc3ccccc3)S2(=O)=O)cc1OC.